The lowest BCUT2D eigenvalue weighted by Gasteiger charge is -2.08. The van der Waals surface area contributed by atoms with Crippen LogP contribution in [0.4, 0.5) is 0 Å². The van der Waals surface area contributed by atoms with E-state index in [9.17, 15) is 9.59 Å². The molecular formula is C19H24N2O4S. The van der Waals surface area contributed by atoms with Gasteiger partial charge in [-0.05, 0) is 24.1 Å². The number of carbonyl (C=O) groups is 2. The molecule has 0 saturated heterocycles. The van der Waals surface area contributed by atoms with Crippen LogP contribution in [0.2, 0.25) is 0 Å². The van der Waals surface area contributed by atoms with Crippen LogP contribution in [0.3, 0.4) is 0 Å². The number of carboxylic acid groups (broad SMARTS) is 1. The van der Waals surface area contributed by atoms with Crippen molar-refractivity contribution in [3.63, 3.8) is 0 Å². The summed E-state index contributed by atoms with van der Waals surface area (Å²) >= 11 is 1.30. The zero-order valence-electron chi connectivity index (χ0n) is 14.9. The van der Waals surface area contributed by atoms with E-state index in [1.54, 1.807) is 5.38 Å². The highest BCUT2D eigenvalue weighted by Gasteiger charge is 2.10. The van der Waals surface area contributed by atoms with Gasteiger partial charge in [0, 0.05) is 11.9 Å². The summed E-state index contributed by atoms with van der Waals surface area (Å²) in [5.41, 5.74) is 1.48. The molecule has 2 N–H and O–H groups in total. The average molecular weight is 376 g/mol. The van der Waals surface area contributed by atoms with Crippen molar-refractivity contribution in [3.8, 4) is 5.75 Å². The van der Waals surface area contributed by atoms with Crippen molar-refractivity contribution in [1.82, 2.24) is 10.3 Å². The lowest BCUT2D eigenvalue weighted by atomic mass is 10.2. The van der Waals surface area contributed by atoms with Gasteiger partial charge in [-0.1, -0.05) is 31.9 Å². The second-order valence-corrected chi connectivity index (χ2v) is 6.90. The zero-order valence-corrected chi connectivity index (χ0v) is 15.7. The van der Waals surface area contributed by atoms with E-state index in [-0.39, 0.29) is 18.7 Å². The van der Waals surface area contributed by atoms with E-state index in [4.69, 9.17) is 9.84 Å². The maximum Gasteiger partial charge on any atom is 0.309 e. The van der Waals surface area contributed by atoms with Crippen molar-refractivity contribution in [2.45, 2.75) is 45.6 Å². The first-order valence-corrected chi connectivity index (χ1v) is 9.58. The van der Waals surface area contributed by atoms with Gasteiger partial charge >= 0.3 is 5.97 Å². The van der Waals surface area contributed by atoms with E-state index in [0.29, 0.717) is 17.2 Å². The monoisotopic (exact) mass is 376 g/mol. The number of nitrogens with one attached hydrogen (secondary N) is 1. The Labute approximate surface area is 157 Å². The van der Waals surface area contributed by atoms with Gasteiger partial charge in [0.1, 0.15) is 10.8 Å². The number of unbranched alkanes of at least 4 members (excludes halogenated alkanes) is 2. The molecule has 1 amide bonds. The van der Waals surface area contributed by atoms with Crippen LogP contribution in [0.1, 0.15) is 42.5 Å². The highest BCUT2D eigenvalue weighted by Crippen LogP contribution is 2.14. The van der Waals surface area contributed by atoms with Crippen LogP contribution in [0, 0.1) is 0 Å². The van der Waals surface area contributed by atoms with Crippen molar-refractivity contribution in [2.24, 2.45) is 0 Å². The number of hydrogen-bond donors (Lipinski definition) is 2. The number of carbonyl (C=O) groups excluding carboxylic acids is 1. The predicted molar refractivity (Wildman–Crippen MR) is 100 cm³/mol. The molecule has 0 radical (unpaired) electrons. The molecule has 2 rings (SSSR count). The van der Waals surface area contributed by atoms with Crippen LogP contribution >= 0.6 is 11.3 Å². The van der Waals surface area contributed by atoms with Gasteiger partial charge in [0.2, 0.25) is 5.91 Å². The summed E-state index contributed by atoms with van der Waals surface area (Å²) < 4.78 is 5.66. The van der Waals surface area contributed by atoms with Crippen LogP contribution in [-0.4, -0.2) is 28.6 Å². The zero-order chi connectivity index (χ0) is 18.8. The fourth-order valence-electron chi connectivity index (χ4n) is 2.31. The fourth-order valence-corrected chi connectivity index (χ4v) is 3.10. The summed E-state index contributed by atoms with van der Waals surface area (Å²) in [5, 5.41) is 13.9. The Bertz CT molecular complexity index is 713. The number of hydrogen-bond acceptors (Lipinski definition) is 5. The van der Waals surface area contributed by atoms with Gasteiger partial charge < -0.3 is 15.2 Å². The van der Waals surface area contributed by atoms with E-state index in [0.717, 1.165) is 24.3 Å². The largest absolute Gasteiger partial charge is 0.494 e. The molecule has 7 heteroatoms. The van der Waals surface area contributed by atoms with Gasteiger partial charge in [-0.2, -0.15) is 0 Å². The lowest BCUT2D eigenvalue weighted by Crippen LogP contribution is -2.24. The summed E-state index contributed by atoms with van der Waals surface area (Å²) in [5.74, 6) is -0.227. The summed E-state index contributed by atoms with van der Waals surface area (Å²) in [7, 11) is 0. The van der Waals surface area contributed by atoms with Crippen LogP contribution in [-0.2, 0) is 29.0 Å². The number of aliphatic carboxylic acids is 1. The first-order valence-electron chi connectivity index (χ1n) is 8.70. The summed E-state index contributed by atoms with van der Waals surface area (Å²) in [6.45, 7) is 3.32. The standard InChI is InChI=1S/C19H24N2O4S/c1-2-3-4-9-25-16-7-5-14(6-8-16)12-20-17(22)11-18-21-15(13-26-18)10-19(23)24/h5-8,13H,2-4,9-12H2,1H3,(H,20,22)(H,23,24). The minimum atomic E-state index is -0.927. The number of aromatic nitrogens is 1. The Hall–Kier alpha value is -2.41. The van der Waals surface area contributed by atoms with Crippen LogP contribution < -0.4 is 10.1 Å². The maximum atomic E-state index is 12.0. The SMILES string of the molecule is CCCCCOc1ccc(CNC(=O)Cc2nc(CC(=O)O)cs2)cc1. The Morgan fingerprint density at radius 2 is 1.96 bits per heavy atom. The van der Waals surface area contributed by atoms with E-state index in [2.05, 4.69) is 17.2 Å². The van der Waals surface area contributed by atoms with Gasteiger partial charge in [-0.3, -0.25) is 9.59 Å². The van der Waals surface area contributed by atoms with Crippen molar-refractivity contribution in [3.05, 3.63) is 45.9 Å². The van der Waals surface area contributed by atoms with Crippen LogP contribution in [0.15, 0.2) is 29.6 Å². The third-order valence-corrected chi connectivity index (χ3v) is 4.57. The number of ether oxygens (including phenoxy) is 1. The normalized spacial score (nSPS) is 10.5. The molecule has 0 bridgehead atoms. The minimum Gasteiger partial charge on any atom is -0.494 e. The summed E-state index contributed by atoms with van der Waals surface area (Å²) in [6, 6.07) is 7.69. The predicted octanol–water partition coefficient (Wildman–Crippen LogP) is 3.20. The second-order valence-electron chi connectivity index (χ2n) is 5.96. The Balaban J connectivity index is 1.73. The molecule has 1 heterocycles. The van der Waals surface area contributed by atoms with E-state index >= 15 is 0 Å². The lowest BCUT2D eigenvalue weighted by molar-refractivity contribution is -0.136. The molecule has 1 aromatic carbocycles. The third-order valence-electron chi connectivity index (χ3n) is 3.67. The molecule has 0 spiro atoms. The fraction of sp³-hybridized carbons (Fsp3) is 0.421. The maximum absolute atomic E-state index is 12.0. The van der Waals surface area contributed by atoms with E-state index in [1.165, 1.54) is 24.2 Å². The molecule has 0 unspecified atom stereocenters. The molecule has 26 heavy (non-hydrogen) atoms. The van der Waals surface area contributed by atoms with Crippen molar-refractivity contribution >= 4 is 23.2 Å². The van der Waals surface area contributed by atoms with Crippen molar-refractivity contribution < 1.29 is 19.4 Å². The quantitative estimate of drug-likeness (QED) is 0.588. The number of rotatable bonds is 11. The van der Waals surface area contributed by atoms with Gasteiger partial charge in [-0.15, -0.1) is 11.3 Å². The smallest absolute Gasteiger partial charge is 0.309 e. The molecule has 0 aliphatic carbocycles. The Kier molecular flexibility index (Phi) is 8.08. The highest BCUT2D eigenvalue weighted by molar-refractivity contribution is 7.09. The number of thiazole rings is 1. The molecule has 0 saturated carbocycles. The molecule has 0 aliphatic rings. The van der Waals surface area contributed by atoms with E-state index < -0.39 is 5.97 Å². The highest BCUT2D eigenvalue weighted by atomic mass is 32.1. The second kappa shape index (κ2) is 10.6. The van der Waals surface area contributed by atoms with Crippen molar-refractivity contribution in [1.29, 1.82) is 0 Å². The Morgan fingerprint density at radius 3 is 2.65 bits per heavy atom. The first-order chi connectivity index (χ1) is 12.6. The van der Waals surface area contributed by atoms with Gasteiger partial charge in [0.25, 0.3) is 0 Å². The number of nitrogens with zero attached hydrogens (tertiary/aromatic N) is 1. The first kappa shape index (κ1) is 19.9. The van der Waals surface area contributed by atoms with Crippen LogP contribution in [0.25, 0.3) is 0 Å². The summed E-state index contributed by atoms with van der Waals surface area (Å²) in [4.78, 5) is 26.8. The molecule has 6 nitrogen and oxygen atoms in total. The third kappa shape index (κ3) is 7.23. The molecule has 2 aromatic rings. The molecule has 0 fully saturated rings. The minimum absolute atomic E-state index is 0.120. The molecule has 1 aromatic heterocycles. The number of carboxylic acids is 1. The molecular weight excluding hydrogens is 352 g/mol. The molecule has 140 valence electrons. The molecule has 0 aliphatic heterocycles. The number of benzene rings is 1. The summed E-state index contributed by atoms with van der Waals surface area (Å²) in [6.07, 6.45) is 3.43. The topological polar surface area (TPSA) is 88.5 Å². The van der Waals surface area contributed by atoms with Gasteiger partial charge in [0.05, 0.1) is 25.1 Å². The van der Waals surface area contributed by atoms with Crippen LogP contribution in [0.5, 0.6) is 5.75 Å². The van der Waals surface area contributed by atoms with Gasteiger partial charge in [0.15, 0.2) is 0 Å². The van der Waals surface area contributed by atoms with Gasteiger partial charge in [-0.25, -0.2) is 4.98 Å². The van der Waals surface area contributed by atoms with Crippen molar-refractivity contribution in [2.75, 3.05) is 6.61 Å². The molecule has 0 atom stereocenters. The Morgan fingerprint density at radius 1 is 1.19 bits per heavy atom. The number of amides is 1. The van der Waals surface area contributed by atoms with E-state index in [1.807, 2.05) is 24.3 Å². The average Bonchev–Trinajstić information content (AvgIpc) is 3.04.